The standard InChI is InChI=1S/C6H10FN/c7-8-3-5-1-2-6(5)4-8/h5-6H,1-4H2. The number of hydrogen-bond acceptors (Lipinski definition) is 1. The summed E-state index contributed by atoms with van der Waals surface area (Å²) < 4.78 is 12.3. The Morgan fingerprint density at radius 1 is 1.12 bits per heavy atom. The molecule has 8 heavy (non-hydrogen) atoms. The van der Waals surface area contributed by atoms with Gasteiger partial charge in [-0.2, -0.15) is 0 Å². The van der Waals surface area contributed by atoms with Crippen LogP contribution in [0.3, 0.4) is 0 Å². The molecule has 0 aromatic heterocycles. The third kappa shape index (κ3) is 0.494. The van der Waals surface area contributed by atoms with Crippen molar-refractivity contribution in [1.29, 1.82) is 0 Å². The molecule has 2 rings (SSSR count). The highest BCUT2D eigenvalue weighted by atomic mass is 19.2. The first kappa shape index (κ1) is 4.74. The molecule has 1 aliphatic heterocycles. The lowest BCUT2D eigenvalue weighted by Gasteiger charge is -2.27. The Bertz CT molecular complexity index is 92.7. The smallest absolute Gasteiger partial charge is 0.0322 e. The lowest BCUT2D eigenvalue weighted by molar-refractivity contribution is 0.0523. The molecule has 1 nitrogen and oxygen atoms in total. The molecular formula is C6H10FN. The zero-order chi connectivity index (χ0) is 5.56. The topological polar surface area (TPSA) is 3.24 Å². The van der Waals surface area contributed by atoms with Crippen molar-refractivity contribution in [3.8, 4) is 0 Å². The Hall–Kier alpha value is -0.110. The summed E-state index contributed by atoms with van der Waals surface area (Å²) in [4.78, 5) is 0. The van der Waals surface area contributed by atoms with Crippen LogP contribution >= 0.6 is 0 Å². The Kier molecular flexibility index (Phi) is 0.852. The van der Waals surface area contributed by atoms with Gasteiger partial charge >= 0.3 is 0 Å². The Balaban J connectivity index is 2.00. The lowest BCUT2D eigenvalue weighted by Crippen LogP contribution is -2.22. The van der Waals surface area contributed by atoms with Gasteiger partial charge in [-0.1, -0.05) is 0 Å². The minimum Gasteiger partial charge on any atom is -0.146 e. The molecule has 2 atom stereocenters. The highest BCUT2D eigenvalue weighted by Gasteiger charge is 2.39. The van der Waals surface area contributed by atoms with Gasteiger partial charge in [-0.25, -0.2) is 0 Å². The van der Waals surface area contributed by atoms with Crippen molar-refractivity contribution in [3.05, 3.63) is 0 Å². The van der Waals surface area contributed by atoms with Gasteiger partial charge in [-0.3, -0.25) is 0 Å². The molecule has 0 aromatic rings. The number of halogens is 1. The van der Waals surface area contributed by atoms with E-state index >= 15 is 0 Å². The second-order valence-electron chi connectivity index (χ2n) is 2.93. The van der Waals surface area contributed by atoms with E-state index in [9.17, 15) is 4.48 Å². The molecule has 2 unspecified atom stereocenters. The van der Waals surface area contributed by atoms with Crippen LogP contribution in [0.4, 0.5) is 4.48 Å². The second kappa shape index (κ2) is 1.44. The van der Waals surface area contributed by atoms with Crippen LogP contribution in [0.25, 0.3) is 0 Å². The van der Waals surface area contributed by atoms with E-state index in [1.54, 1.807) is 0 Å². The zero-order valence-corrected chi connectivity index (χ0v) is 4.81. The van der Waals surface area contributed by atoms with Gasteiger partial charge in [0.05, 0.1) is 0 Å². The quantitative estimate of drug-likeness (QED) is 0.429. The van der Waals surface area contributed by atoms with Crippen LogP contribution in [0, 0.1) is 11.8 Å². The predicted octanol–water partition coefficient (Wildman–Crippen LogP) is 1.21. The molecule has 2 heteroatoms. The van der Waals surface area contributed by atoms with Crippen molar-refractivity contribution in [1.82, 2.24) is 5.12 Å². The molecule has 0 spiro atoms. The maximum atomic E-state index is 12.3. The first-order valence-electron chi connectivity index (χ1n) is 3.27. The van der Waals surface area contributed by atoms with E-state index in [0.717, 1.165) is 17.0 Å². The minimum atomic E-state index is 0.713. The van der Waals surface area contributed by atoms with Crippen molar-refractivity contribution in [2.24, 2.45) is 11.8 Å². The van der Waals surface area contributed by atoms with Gasteiger partial charge < -0.3 is 0 Å². The molecule has 0 aromatic carbocycles. The van der Waals surface area contributed by atoms with E-state index in [1.807, 2.05) is 0 Å². The second-order valence-corrected chi connectivity index (χ2v) is 2.93. The fourth-order valence-electron chi connectivity index (χ4n) is 1.70. The highest BCUT2D eigenvalue weighted by molar-refractivity contribution is 4.88. The van der Waals surface area contributed by atoms with Crippen LogP contribution in [0.5, 0.6) is 0 Å². The van der Waals surface area contributed by atoms with Gasteiger partial charge in [0.1, 0.15) is 0 Å². The highest BCUT2D eigenvalue weighted by Crippen LogP contribution is 2.40. The fraction of sp³-hybridized carbons (Fsp3) is 1.00. The monoisotopic (exact) mass is 115 g/mol. The molecule has 0 bridgehead atoms. The third-order valence-electron chi connectivity index (χ3n) is 2.44. The van der Waals surface area contributed by atoms with Gasteiger partial charge in [-0.05, 0) is 24.7 Å². The summed E-state index contributed by atoms with van der Waals surface area (Å²) in [5.74, 6) is 1.44. The molecule has 46 valence electrons. The molecule has 1 saturated heterocycles. The largest absolute Gasteiger partial charge is 0.146 e. The van der Waals surface area contributed by atoms with Gasteiger partial charge in [0, 0.05) is 13.1 Å². The summed E-state index contributed by atoms with van der Waals surface area (Å²) in [5, 5.41) is 0.961. The lowest BCUT2D eigenvalue weighted by atomic mass is 9.77. The average Bonchev–Trinajstić information content (AvgIpc) is 1.91. The maximum Gasteiger partial charge on any atom is 0.0322 e. The molecule has 2 fully saturated rings. The van der Waals surface area contributed by atoms with Crippen LogP contribution in [0.2, 0.25) is 0 Å². The van der Waals surface area contributed by atoms with E-state index in [1.165, 1.54) is 12.8 Å². The van der Waals surface area contributed by atoms with Crippen molar-refractivity contribution in [2.75, 3.05) is 13.1 Å². The number of nitrogens with zero attached hydrogens (tertiary/aromatic N) is 1. The first-order chi connectivity index (χ1) is 3.86. The molecule has 0 radical (unpaired) electrons. The van der Waals surface area contributed by atoms with E-state index < -0.39 is 0 Å². The Morgan fingerprint density at radius 3 is 1.88 bits per heavy atom. The zero-order valence-electron chi connectivity index (χ0n) is 4.81. The van der Waals surface area contributed by atoms with Crippen molar-refractivity contribution in [2.45, 2.75) is 12.8 Å². The third-order valence-corrected chi connectivity index (χ3v) is 2.44. The van der Waals surface area contributed by atoms with E-state index in [2.05, 4.69) is 0 Å². The van der Waals surface area contributed by atoms with Crippen LogP contribution in [-0.2, 0) is 0 Å². The fourth-order valence-corrected chi connectivity index (χ4v) is 1.70. The van der Waals surface area contributed by atoms with Crippen molar-refractivity contribution < 1.29 is 4.48 Å². The van der Waals surface area contributed by atoms with Gasteiger partial charge in [-0.15, -0.1) is 9.60 Å². The summed E-state index contributed by atoms with van der Waals surface area (Å²) in [5.41, 5.74) is 0. The molecule has 0 amide bonds. The minimum absolute atomic E-state index is 0.713. The first-order valence-corrected chi connectivity index (χ1v) is 3.27. The molecule has 1 heterocycles. The summed E-state index contributed by atoms with van der Waals surface area (Å²) in [6.07, 6.45) is 2.54. The number of rotatable bonds is 0. The van der Waals surface area contributed by atoms with Crippen LogP contribution in [0.15, 0.2) is 0 Å². The summed E-state index contributed by atoms with van der Waals surface area (Å²) in [7, 11) is 0. The molecule has 1 saturated carbocycles. The number of hydrogen-bond donors (Lipinski definition) is 0. The van der Waals surface area contributed by atoms with Crippen molar-refractivity contribution >= 4 is 0 Å². The Morgan fingerprint density at radius 2 is 1.62 bits per heavy atom. The molecular weight excluding hydrogens is 105 g/mol. The van der Waals surface area contributed by atoms with Crippen LogP contribution in [-0.4, -0.2) is 18.2 Å². The molecule has 0 N–H and O–H groups in total. The van der Waals surface area contributed by atoms with E-state index in [0.29, 0.717) is 13.1 Å². The summed E-state index contributed by atoms with van der Waals surface area (Å²) in [6.45, 7) is 1.43. The van der Waals surface area contributed by atoms with Gasteiger partial charge in [0.15, 0.2) is 0 Å². The summed E-state index contributed by atoms with van der Waals surface area (Å²) >= 11 is 0. The molecule has 2 aliphatic rings. The van der Waals surface area contributed by atoms with Crippen LogP contribution in [0.1, 0.15) is 12.8 Å². The van der Waals surface area contributed by atoms with E-state index in [4.69, 9.17) is 0 Å². The average molecular weight is 115 g/mol. The summed E-state index contributed by atoms with van der Waals surface area (Å²) in [6, 6.07) is 0. The van der Waals surface area contributed by atoms with Gasteiger partial charge in [0.2, 0.25) is 0 Å². The van der Waals surface area contributed by atoms with Crippen molar-refractivity contribution in [3.63, 3.8) is 0 Å². The SMILES string of the molecule is FN1CC2CCC2C1. The van der Waals surface area contributed by atoms with E-state index in [-0.39, 0.29) is 0 Å². The van der Waals surface area contributed by atoms with Crippen LogP contribution < -0.4 is 0 Å². The normalized spacial score (nSPS) is 46.1. The molecule has 1 aliphatic carbocycles. The number of fused-ring (bicyclic) bond motifs is 1. The predicted molar refractivity (Wildman–Crippen MR) is 28.9 cm³/mol. The van der Waals surface area contributed by atoms with Gasteiger partial charge in [0.25, 0.3) is 0 Å². The Labute approximate surface area is 48.4 Å². The maximum absolute atomic E-state index is 12.3.